The number of allylic oxidation sites excluding steroid dienone is 2. The fraction of sp³-hybridized carbons (Fsp3) is 0.524. The van der Waals surface area contributed by atoms with Gasteiger partial charge in [-0.1, -0.05) is 12.1 Å². The lowest BCUT2D eigenvalue weighted by Crippen LogP contribution is -2.23. The van der Waals surface area contributed by atoms with Crippen molar-refractivity contribution in [2.24, 2.45) is 5.92 Å². The first-order valence-corrected chi connectivity index (χ1v) is 8.83. The number of aryl methyl sites for hydroxylation is 1. The van der Waals surface area contributed by atoms with Crippen molar-refractivity contribution in [2.75, 3.05) is 7.11 Å². The molecule has 0 aromatic heterocycles. The average Bonchev–Trinajstić information content (AvgIpc) is 2.96. The van der Waals surface area contributed by atoms with E-state index in [4.69, 9.17) is 9.47 Å². The van der Waals surface area contributed by atoms with Crippen LogP contribution in [0.1, 0.15) is 62.4 Å². The van der Waals surface area contributed by atoms with Crippen molar-refractivity contribution >= 4 is 5.97 Å². The molecule has 0 heterocycles. The third-order valence-electron chi connectivity index (χ3n) is 4.40. The summed E-state index contributed by atoms with van der Waals surface area (Å²) in [6.45, 7) is 5.59. The quantitative estimate of drug-likeness (QED) is 0.697. The highest BCUT2D eigenvalue weighted by Gasteiger charge is 2.26. The van der Waals surface area contributed by atoms with Crippen molar-refractivity contribution in [1.82, 2.24) is 0 Å². The third-order valence-corrected chi connectivity index (χ3v) is 4.40. The molecule has 4 nitrogen and oxygen atoms in total. The lowest BCUT2D eigenvalue weighted by Gasteiger charge is -2.19. The number of nitriles is 1. The molecular formula is C21H27NO3. The normalized spacial score (nSPS) is 17.3. The molecule has 0 fully saturated rings. The SMILES string of the molecule is COC1=C(C#N)C(CCCc2ccc(C(=O)OC(C)(C)C)cc2)CC1. The molecule has 0 saturated carbocycles. The number of benzene rings is 1. The van der Waals surface area contributed by atoms with Gasteiger partial charge in [0.25, 0.3) is 0 Å². The molecule has 2 rings (SSSR count). The largest absolute Gasteiger partial charge is 0.500 e. The van der Waals surface area contributed by atoms with Gasteiger partial charge in [-0.15, -0.1) is 0 Å². The topological polar surface area (TPSA) is 59.3 Å². The van der Waals surface area contributed by atoms with Crippen LogP contribution in [0.3, 0.4) is 0 Å². The summed E-state index contributed by atoms with van der Waals surface area (Å²) in [7, 11) is 1.64. The van der Waals surface area contributed by atoms with E-state index in [1.54, 1.807) is 7.11 Å². The molecule has 4 heteroatoms. The molecule has 25 heavy (non-hydrogen) atoms. The Balaban J connectivity index is 1.86. The van der Waals surface area contributed by atoms with Gasteiger partial charge in [0, 0.05) is 6.42 Å². The lowest BCUT2D eigenvalue weighted by molar-refractivity contribution is 0.00695. The Hall–Kier alpha value is -2.28. The number of rotatable bonds is 6. The molecule has 1 aliphatic rings. The zero-order valence-electron chi connectivity index (χ0n) is 15.6. The van der Waals surface area contributed by atoms with Crippen molar-refractivity contribution in [3.8, 4) is 6.07 Å². The van der Waals surface area contributed by atoms with E-state index in [-0.39, 0.29) is 5.97 Å². The second-order valence-electron chi connectivity index (χ2n) is 7.48. The second kappa shape index (κ2) is 8.20. The number of carbonyl (C=O) groups excluding carboxylic acids is 1. The Morgan fingerprint density at radius 1 is 1.28 bits per heavy atom. The van der Waals surface area contributed by atoms with Gasteiger partial charge < -0.3 is 9.47 Å². The first-order chi connectivity index (χ1) is 11.8. The molecule has 0 spiro atoms. The van der Waals surface area contributed by atoms with Gasteiger partial charge in [0.2, 0.25) is 0 Å². The minimum absolute atomic E-state index is 0.291. The molecule has 0 bridgehead atoms. The molecule has 0 radical (unpaired) electrons. The van der Waals surface area contributed by atoms with E-state index in [9.17, 15) is 10.1 Å². The van der Waals surface area contributed by atoms with Crippen LogP contribution in [0.2, 0.25) is 0 Å². The zero-order valence-corrected chi connectivity index (χ0v) is 15.6. The van der Waals surface area contributed by atoms with Crippen molar-refractivity contribution in [3.63, 3.8) is 0 Å². The number of hydrogen-bond acceptors (Lipinski definition) is 4. The number of carbonyl (C=O) groups is 1. The summed E-state index contributed by atoms with van der Waals surface area (Å²) >= 11 is 0. The van der Waals surface area contributed by atoms with Crippen LogP contribution >= 0.6 is 0 Å². The average molecular weight is 341 g/mol. The molecular weight excluding hydrogens is 314 g/mol. The van der Waals surface area contributed by atoms with E-state index in [1.165, 1.54) is 5.56 Å². The van der Waals surface area contributed by atoms with Crippen LogP contribution in [0.15, 0.2) is 35.6 Å². The van der Waals surface area contributed by atoms with Gasteiger partial charge in [-0.2, -0.15) is 5.26 Å². The Bertz CT molecular complexity index is 675. The highest BCUT2D eigenvalue weighted by molar-refractivity contribution is 5.89. The Labute approximate surface area is 150 Å². The van der Waals surface area contributed by atoms with Gasteiger partial charge in [0.1, 0.15) is 11.4 Å². The van der Waals surface area contributed by atoms with Crippen LogP contribution in [-0.4, -0.2) is 18.7 Å². The number of methoxy groups -OCH3 is 1. The van der Waals surface area contributed by atoms with Gasteiger partial charge in [-0.05, 0) is 70.1 Å². The van der Waals surface area contributed by atoms with E-state index in [0.717, 1.165) is 43.4 Å². The van der Waals surface area contributed by atoms with Crippen LogP contribution in [0.5, 0.6) is 0 Å². The third kappa shape index (κ3) is 5.35. The number of nitrogens with zero attached hydrogens (tertiary/aromatic N) is 1. The summed E-state index contributed by atoms with van der Waals surface area (Å²) in [6.07, 6.45) is 4.81. The van der Waals surface area contributed by atoms with E-state index in [1.807, 2.05) is 45.0 Å². The number of hydrogen-bond donors (Lipinski definition) is 0. The summed E-state index contributed by atoms with van der Waals surface area (Å²) in [6, 6.07) is 9.91. The number of esters is 1. The molecule has 0 amide bonds. The molecule has 1 unspecified atom stereocenters. The monoisotopic (exact) mass is 341 g/mol. The Morgan fingerprint density at radius 3 is 2.52 bits per heavy atom. The van der Waals surface area contributed by atoms with Crippen LogP contribution in [-0.2, 0) is 15.9 Å². The molecule has 0 N–H and O–H groups in total. The smallest absolute Gasteiger partial charge is 0.338 e. The van der Waals surface area contributed by atoms with Gasteiger partial charge in [0.15, 0.2) is 0 Å². The lowest BCUT2D eigenvalue weighted by atomic mass is 9.94. The summed E-state index contributed by atoms with van der Waals surface area (Å²) < 4.78 is 10.7. The highest BCUT2D eigenvalue weighted by Crippen LogP contribution is 2.35. The molecule has 1 atom stereocenters. The van der Waals surface area contributed by atoms with Gasteiger partial charge in [-0.25, -0.2) is 4.79 Å². The zero-order chi connectivity index (χ0) is 18.4. The number of ether oxygens (including phenoxy) is 2. The summed E-state index contributed by atoms with van der Waals surface area (Å²) in [5.74, 6) is 0.885. The van der Waals surface area contributed by atoms with Crippen LogP contribution < -0.4 is 0 Å². The van der Waals surface area contributed by atoms with Crippen molar-refractivity contribution in [2.45, 2.75) is 58.5 Å². The summed E-state index contributed by atoms with van der Waals surface area (Å²) in [4.78, 5) is 12.0. The molecule has 1 aromatic rings. The Kier molecular flexibility index (Phi) is 6.25. The molecule has 1 aromatic carbocycles. The van der Waals surface area contributed by atoms with E-state index in [2.05, 4.69) is 6.07 Å². The molecule has 0 saturated heterocycles. The van der Waals surface area contributed by atoms with Crippen molar-refractivity contribution in [3.05, 3.63) is 46.7 Å². The first kappa shape index (κ1) is 19.1. The fourth-order valence-electron chi connectivity index (χ4n) is 3.16. The van der Waals surface area contributed by atoms with Crippen molar-refractivity contribution < 1.29 is 14.3 Å². The minimum atomic E-state index is -0.482. The van der Waals surface area contributed by atoms with Crippen LogP contribution in [0, 0.1) is 17.2 Å². The predicted molar refractivity (Wildman–Crippen MR) is 96.9 cm³/mol. The Morgan fingerprint density at radius 2 is 1.96 bits per heavy atom. The maximum atomic E-state index is 12.0. The molecule has 0 aliphatic heterocycles. The minimum Gasteiger partial charge on any atom is -0.500 e. The fourth-order valence-corrected chi connectivity index (χ4v) is 3.16. The van der Waals surface area contributed by atoms with Crippen molar-refractivity contribution in [1.29, 1.82) is 5.26 Å². The highest BCUT2D eigenvalue weighted by atomic mass is 16.6. The van der Waals surface area contributed by atoms with Crippen LogP contribution in [0.25, 0.3) is 0 Å². The standard InChI is InChI=1S/C21H27NO3/c1-21(2,3)25-20(23)17-10-8-15(9-11-17)6-5-7-16-12-13-19(24-4)18(16)14-22/h8-11,16H,5-7,12-13H2,1-4H3. The van der Waals surface area contributed by atoms with Gasteiger partial charge in [0.05, 0.1) is 24.3 Å². The maximum absolute atomic E-state index is 12.0. The van der Waals surface area contributed by atoms with Crippen LogP contribution in [0.4, 0.5) is 0 Å². The first-order valence-electron chi connectivity index (χ1n) is 8.83. The maximum Gasteiger partial charge on any atom is 0.338 e. The summed E-state index contributed by atoms with van der Waals surface area (Å²) in [5, 5.41) is 9.29. The van der Waals surface area contributed by atoms with E-state index < -0.39 is 5.60 Å². The molecule has 134 valence electrons. The van der Waals surface area contributed by atoms with Gasteiger partial charge >= 0.3 is 5.97 Å². The van der Waals surface area contributed by atoms with Gasteiger partial charge in [-0.3, -0.25) is 0 Å². The van der Waals surface area contributed by atoms with E-state index in [0.29, 0.717) is 11.5 Å². The second-order valence-corrected chi connectivity index (χ2v) is 7.48. The molecule has 1 aliphatic carbocycles. The summed E-state index contributed by atoms with van der Waals surface area (Å²) in [5.41, 5.74) is 2.11. The predicted octanol–water partition coefficient (Wildman–Crippen LogP) is 4.80. The van der Waals surface area contributed by atoms with E-state index >= 15 is 0 Å².